The van der Waals surface area contributed by atoms with Crippen molar-refractivity contribution < 1.29 is 49.1 Å². The maximum Gasteiger partial charge on any atom is 0.336 e. The summed E-state index contributed by atoms with van der Waals surface area (Å²) in [5, 5.41) is 36.8. The van der Waals surface area contributed by atoms with E-state index >= 15 is 0 Å². The highest BCUT2D eigenvalue weighted by Gasteiger charge is 2.18. The summed E-state index contributed by atoms with van der Waals surface area (Å²) in [5.74, 6) is -4.06. The number of carbonyl (C=O) groups is 4. The summed E-state index contributed by atoms with van der Waals surface area (Å²) in [6.45, 7) is 0. The first-order chi connectivity index (χ1) is 19.1. The van der Waals surface area contributed by atoms with Gasteiger partial charge >= 0.3 is 23.9 Å². The molecule has 0 atom stereocenters. The summed E-state index contributed by atoms with van der Waals surface area (Å²) in [6, 6.07) is 21.9. The lowest BCUT2D eigenvalue weighted by molar-refractivity contribution is 0.0651. The molecule has 0 aliphatic rings. The maximum atomic E-state index is 11.4. The number of aromatic carboxylic acids is 4. The second kappa shape index (κ2) is 11.8. The maximum absolute atomic E-state index is 11.4. The second-order valence-corrected chi connectivity index (χ2v) is 8.63. The van der Waals surface area contributed by atoms with E-state index in [4.69, 9.17) is 19.7 Å². The molecule has 4 aromatic rings. The van der Waals surface area contributed by atoms with Crippen molar-refractivity contribution >= 4 is 23.9 Å². The van der Waals surface area contributed by atoms with Crippen LogP contribution in [-0.2, 0) is 12.8 Å². The Bertz CT molecular complexity index is 1470. The summed E-state index contributed by atoms with van der Waals surface area (Å²) < 4.78 is 11.4. The average molecular weight is 542 g/mol. The number of ether oxygens (including phenoxy) is 2. The monoisotopic (exact) mass is 542 g/mol. The van der Waals surface area contributed by atoms with Gasteiger partial charge in [-0.25, -0.2) is 19.2 Å². The van der Waals surface area contributed by atoms with Gasteiger partial charge in [0.25, 0.3) is 0 Å². The Hall–Kier alpha value is -5.64. The Kier molecular flexibility index (Phi) is 8.10. The predicted molar refractivity (Wildman–Crippen MR) is 141 cm³/mol. The summed E-state index contributed by atoms with van der Waals surface area (Å²) in [5.41, 5.74) is 0.686. The number of aryl methyl sites for hydroxylation is 2. The van der Waals surface area contributed by atoms with E-state index in [2.05, 4.69) is 0 Å². The molecular formula is C30H22O10. The van der Waals surface area contributed by atoms with Gasteiger partial charge in [0.05, 0.1) is 22.3 Å². The highest BCUT2D eigenvalue weighted by molar-refractivity contribution is 6.02. The average Bonchev–Trinajstić information content (AvgIpc) is 2.93. The first-order valence-electron chi connectivity index (χ1n) is 11.9. The number of rotatable bonds is 11. The zero-order valence-corrected chi connectivity index (χ0v) is 20.7. The fourth-order valence-corrected chi connectivity index (χ4v) is 3.91. The van der Waals surface area contributed by atoms with Gasteiger partial charge in [0, 0.05) is 0 Å². The van der Waals surface area contributed by atoms with E-state index in [1.54, 1.807) is 24.3 Å². The summed E-state index contributed by atoms with van der Waals surface area (Å²) in [7, 11) is 0. The van der Waals surface area contributed by atoms with Gasteiger partial charge in [0.15, 0.2) is 0 Å². The Morgan fingerprint density at radius 2 is 0.725 bits per heavy atom. The standard InChI is InChI=1S/C30H22O10/c31-27(32)23-13-11-21(15-25(23)29(35)36)39-19-7-3-17(4-8-19)1-2-18-5-9-20(10-6-18)40-22-12-14-24(28(33)34)26(16-22)30(37)38/h3-16H,1-2H2,(H,31,32)(H,33,34)(H,35,36)(H,37,38). The van der Waals surface area contributed by atoms with Crippen molar-refractivity contribution in [3.63, 3.8) is 0 Å². The Balaban J connectivity index is 1.35. The molecule has 4 rings (SSSR count). The van der Waals surface area contributed by atoms with E-state index in [0.717, 1.165) is 24.0 Å². The molecule has 4 N–H and O–H groups in total. The molecule has 0 bridgehead atoms. The van der Waals surface area contributed by atoms with Crippen molar-refractivity contribution in [2.24, 2.45) is 0 Å². The number of hydrogen-bond donors (Lipinski definition) is 4. The van der Waals surface area contributed by atoms with Crippen LogP contribution in [0.25, 0.3) is 0 Å². The van der Waals surface area contributed by atoms with Gasteiger partial charge < -0.3 is 29.9 Å². The zero-order valence-electron chi connectivity index (χ0n) is 20.7. The fraction of sp³-hybridized carbons (Fsp3) is 0.0667. The molecule has 0 saturated carbocycles. The van der Waals surface area contributed by atoms with E-state index in [0.29, 0.717) is 11.5 Å². The SMILES string of the molecule is O=C(O)c1ccc(Oc2ccc(CCc3ccc(Oc4ccc(C(=O)O)c(C(=O)O)c4)cc3)cc2)cc1C(=O)O. The third kappa shape index (κ3) is 6.62. The molecule has 0 heterocycles. The van der Waals surface area contributed by atoms with E-state index in [-0.39, 0.29) is 33.8 Å². The van der Waals surface area contributed by atoms with Crippen LogP contribution < -0.4 is 9.47 Å². The van der Waals surface area contributed by atoms with Crippen LogP contribution in [0, 0.1) is 0 Å². The minimum atomic E-state index is -1.36. The fourth-order valence-electron chi connectivity index (χ4n) is 3.91. The lowest BCUT2D eigenvalue weighted by Crippen LogP contribution is -2.07. The lowest BCUT2D eigenvalue weighted by atomic mass is 10.0. The largest absolute Gasteiger partial charge is 0.478 e. The summed E-state index contributed by atoms with van der Waals surface area (Å²) >= 11 is 0. The van der Waals surface area contributed by atoms with Crippen LogP contribution in [0.5, 0.6) is 23.0 Å². The molecule has 0 radical (unpaired) electrons. The molecule has 0 aliphatic heterocycles. The van der Waals surface area contributed by atoms with E-state index in [1.165, 1.54) is 36.4 Å². The lowest BCUT2D eigenvalue weighted by Gasteiger charge is -2.10. The van der Waals surface area contributed by atoms with Gasteiger partial charge in [0.2, 0.25) is 0 Å². The van der Waals surface area contributed by atoms with Crippen LogP contribution in [-0.4, -0.2) is 44.3 Å². The molecule has 202 valence electrons. The number of carboxylic acid groups (broad SMARTS) is 4. The van der Waals surface area contributed by atoms with Gasteiger partial charge in [0.1, 0.15) is 23.0 Å². The van der Waals surface area contributed by atoms with Crippen LogP contribution >= 0.6 is 0 Å². The quantitative estimate of drug-likeness (QED) is 0.180. The summed E-state index contributed by atoms with van der Waals surface area (Å²) in [6.07, 6.45) is 1.44. The van der Waals surface area contributed by atoms with Crippen molar-refractivity contribution in [1.82, 2.24) is 0 Å². The molecule has 4 aromatic carbocycles. The van der Waals surface area contributed by atoms with Gasteiger partial charge in [-0.3, -0.25) is 0 Å². The van der Waals surface area contributed by atoms with E-state index in [1.807, 2.05) is 24.3 Å². The van der Waals surface area contributed by atoms with Crippen molar-refractivity contribution in [3.05, 3.63) is 118 Å². The molecule has 0 unspecified atom stereocenters. The molecule has 40 heavy (non-hydrogen) atoms. The van der Waals surface area contributed by atoms with Crippen LogP contribution in [0.15, 0.2) is 84.9 Å². The zero-order chi connectivity index (χ0) is 28.8. The minimum Gasteiger partial charge on any atom is -0.478 e. The topological polar surface area (TPSA) is 168 Å². The molecule has 0 amide bonds. The van der Waals surface area contributed by atoms with Crippen molar-refractivity contribution in [1.29, 1.82) is 0 Å². The van der Waals surface area contributed by atoms with Crippen LogP contribution in [0.4, 0.5) is 0 Å². The van der Waals surface area contributed by atoms with Gasteiger partial charge in [-0.1, -0.05) is 24.3 Å². The van der Waals surface area contributed by atoms with Crippen LogP contribution in [0.1, 0.15) is 52.6 Å². The number of carboxylic acids is 4. The van der Waals surface area contributed by atoms with Crippen molar-refractivity contribution in [2.75, 3.05) is 0 Å². The number of hydrogen-bond acceptors (Lipinski definition) is 6. The van der Waals surface area contributed by atoms with Gasteiger partial charge in [-0.2, -0.15) is 0 Å². The summed E-state index contributed by atoms with van der Waals surface area (Å²) in [4.78, 5) is 45.1. The normalized spacial score (nSPS) is 10.5. The van der Waals surface area contributed by atoms with E-state index in [9.17, 15) is 29.4 Å². The minimum absolute atomic E-state index is 0.203. The molecule has 0 aromatic heterocycles. The van der Waals surface area contributed by atoms with Crippen LogP contribution in [0.2, 0.25) is 0 Å². The Morgan fingerprint density at radius 1 is 0.425 bits per heavy atom. The smallest absolute Gasteiger partial charge is 0.336 e. The molecule has 10 nitrogen and oxygen atoms in total. The molecule has 0 aliphatic carbocycles. The first-order valence-corrected chi connectivity index (χ1v) is 11.9. The Labute approximate surface area is 227 Å². The molecule has 0 spiro atoms. The second-order valence-electron chi connectivity index (χ2n) is 8.63. The predicted octanol–water partition coefficient (Wildman–Crippen LogP) is 5.85. The molecular weight excluding hydrogens is 520 g/mol. The Morgan fingerprint density at radius 3 is 1.02 bits per heavy atom. The highest BCUT2D eigenvalue weighted by atomic mass is 16.5. The van der Waals surface area contributed by atoms with Gasteiger partial charge in [-0.15, -0.1) is 0 Å². The third-order valence-electron chi connectivity index (χ3n) is 5.92. The van der Waals surface area contributed by atoms with Crippen molar-refractivity contribution in [3.8, 4) is 23.0 Å². The third-order valence-corrected chi connectivity index (χ3v) is 5.92. The van der Waals surface area contributed by atoms with Crippen LogP contribution in [0.3, 0.4) is 0 Å². The van der Waals surface area contributed by atoms with Crippen molar-refractivity contribution in [2.45, 2.75) is 12.8 Å². The highest BCUT2D eigenvalue weighted by Crippen LogP contribution is 2.27. The molecule has 10 heteroatoms. The first kappa shape index (κ1) is 27.4. The number of benzene rings is 4. The molecule has 0 fully saturated rings. The van der Waals surface area contributed by atoms with E-state index < -0.39 is 23.9 Å². The van der Waals surface area contributed by atoms with Gasteiger partial charge in [-0.05, 0) is 84.6 Å². The molecule has 0 saturated heterocycles.